The second-order valence-corrected chi connectivity index (χ2v) is 6.67. The molecule has 0 heterocycles. The monoisotopic (exact) mass is 390 g/mol. The van der Waals surface area contributed by atoms with E-state index in [1.807, 2.05) is 36.4 Å². The van der Waals surface area contributed by atoms with Crippen molar-refractivity contribution in [3.8, 4) is 22.6 Å². The number of esters is 2. The highest BCUT2D eigenvalue weighted by atomic mass is 16.5. The smallest absolute Gasteiger partial charge is 0.343 e. The quantitative estimate of drug-likeness (QED) is 0.430. The maximum atomic E-state index is 12.4. The van der Waals surface area contributed by atoms with Gasteiger partial charge in [-0.15, -0.1) is 0 Å². The van der Waals surface area contributed by atoms with E-state index in [-0.39, 0.29) is 6.10 Å². The fourth-order valence-corrected chi connectivity index (χ4v) is 2.69. The van der Waals surface area contributed by atoms with Gasteiger partial charge in [0.05, 0.1) is 24.3 Å². The van der Waals surface area contributed by atoms with Gasteiger partial charge in [0.1, 0.15) is 11.5 Å². The number of hydrogen-bond donors (Lipinski definition) is 0. The molecule has 3 rings (SSSR count). The van der Waals surface area contributed by atoms with Gasteiger partial charge in [-0.1, -0.05) is 24.3 Å². The molecule has 0 aliphatic rings. The third-order valence-electron chi connectivity index (χ3n) is 4.19. The molecule has 0 aromatic heterocycles. The van der Waals surface area contributed by atoms with Crippen LogP contribution in [-0.2, 0) is 4.74 Å². The first-order chi connectivity index (χ1) is 14.0. The molecule has 3 aromatic rings. The molecule has 0 saturated carbocycles. The van der Waals surface area contributed by atoms with Gasteiger partial charge >= 0.3 is 11.9 Å². The Hall–Kier alpha value is -3.60. The third kappa shape index (κ3) is 5.23. The molecular weight excluding hydrogens is 368 g/mol. The van der Waals surface area contributed by atoms with Crippen LogP contribution in [-0.4, -0.2) is 25.2 Å². The molecule has 148 valence electrons. The summed E-state index contributed by atoms with van der Waals surface area (Å²) in [5, 5.41) is 0. The lowest BCUT2D eigenvalue weighted by Gasteiger charge is -2.09. The van der Waals surface area contributed by atoms with Crippen molar-refractivity contribution in [1.29, 1.82) is 0 Å². The van der Waals surface area contributed by atoms with Crippen molar-refractivity contribution in [1.82, 2.24) is 0 Å². The van der Waals surface area contributed by atoms with E-state index in [4.69, 9.17) is 14.2 Å². The number of carbonyl (C=O) groups excluding carboxylic acids is 2. The van der Waals surface area contributed by atoms with Crippen molar-refractivity contribution >= 4 is 11.9 Å². The number of rotatable bonds is 6. The van der Waals surface area contributed by atoms with E-state index in [1.165, 1.54) is 0 Å². The second-order valence-electron chi connectivity index (χ2n) is 6.67. The predicted molar refractivity (Wildman–Crippen MR) is 110 cm³/mol. The van der Waals surface area contributed by atoms with Gasteiger partial charge in [-0.3, -0.25) is 0 Å². The van der Waals surface area contributed by atoms with E-state index in [0.29, 0.717) is 16.9 Å². The van der Waals surface area contributed by atoms with E-state index in [9.17, 15) is 9.59 Å². The van der Waals surface area contributed by atoms with E-state index in [1.54, 1.807) is 57.4 Å². The molecule has 5 nitrogen and oxygen atoms in total. The number of hydrogen-bond acceptors (Lipinski definition) is 5. The molecule has 29 heavy (non-hydrogen) atoms. The molecule has 0 unspecified atom stereocenters. The molecule has 0 atom stereocenters. The first-order valence-electron chi connectivity index (χ1n) is 9.24. The van der Waals surface area contributed by atoms with Gasteiger partial charge in [-0.25, -0.2) is 9.59 Å². The lowest BCUT2D eigenvalue weighted by Crippen LogP contribution is -2.12. The summed E-state index contributed by atoms with van der Waals surface area (Å²) in [5.41, 5.74) is 2.85. The van der Waals surface area contributed by atoms with Gasteiger partial charge in [0.2, 0.25) is 0 Å². The van der Waals surface area contributed by atoms with Crippen LogP contribution in [0.4, 0.5) is 0 Å². The number of benzene rings is 3. The Labute approximate surface area is 169 Å². The Bertz CT molecular complexity index is 971. The number of ether oxygens (including phenoxy) is 3. The van der Waals surface area contributed by atoms with Crippen LogP contribution in [0, 0.1) is 0 Å². The standard InChI is InChI=1S/C24H22O5/c1-16(2)28-23(25)20-10-14-22(15-11-20)29-24(26)19-6-4-17(5-7-19)18-8-12-21(27-3)13-9-18/h4-16H,1-3H3. The predicted octanol–water partition coefficient (Wildman–Crippen LogP) is 5.15. The van der Waals surface area contributed by atoms with Crippen molar-refractivity contribution in [3.63, 3.8) is 0 Å². The molecule has 0 bridgehead atoms. The average molecular weight is 390 g/mol. The third-order valence-corrected chi connectivity index (χ3v) is 4.19. The molecule has 0 radical (unpaired) electrons. The van der Waals surface area contributed by atoms with Crippen molar-refractivity contribution in [3.05, 3.63) is 83.9 Å². The molecule has 0 N–H and O–H groups in total. The van der Waals surface area contributed by atoms with Crippen molar-refractivity contribution in [2.45, 2.75) is 20.0 Å². The maximum absolute atomic E-state index is 12.4. The highest BCUT2D eigenvalue weighted by Gasteiger charge is 2.12. The lowest BCUT2D eigenvalue weighted by atomic mass is 10.0. The molecule has 3 aromatic carbocycles. The highest BCUT2D eigenvalue weighted by molar-refractivity contribution is 5.92. The summed E-state index contributed by atoms with van der Waals surface area (Å²) in [6, 6.07) is 21.1. The van der Waals surface area contributed by atoms with Gasteiger partial charge < -0.3 is 14.2 Å². The average Bonchev–Trinajstić information content (AvgIpc) is 2.74. The van der Waals surface area contributed by atoms with E-state index >= 15 is 0 Å². The summed E-state index contributed by atoms with van der Waals surface area (Å²) >= 11 is 0. The molecule has 0 amide bonds. The van der Waals surface area contributed by atoms with E-state index in [2.05, 4.69) is 0 Å². The highest BCUT2D eigenvalue weighted by Crippen LogP contribution is 2.23. The van der Waals surface area contributed by atoms with Crippen LogP contribution < -0.4 is 9.47 Å². The SMILES string of the molecule is COc1ccc(-c2ccc(C(=O)Oc3ccc(C(=O)OC(C)C)cc3)cc2)cc1. The summed E-state index contributed by atoms with van der Waals surface area (Å²) in [6.07, 6.45) is -0.194. The Morgan fingerprint density at radius 2 is 1.10 bits per heavy atom. The fourth-order valence-electron chi connectivity index (χ4n) is 2.69. The van der Waals surface area contributed by atoms with Gasteiger partial charge in [0.25, 0.3) is 0 Å². The molecule has 0 aliphatic carbocycles. The van der Waals surface area contributed by atoms with Crippen LogP contribution in [0.3, 0.4) is 0 Å². The Morgan fingerprint density at radius 1 is 0.655 bits per heavy atom. The summed E-state index contributed by atoms with van der Waals surface area (Å²) in [4.78, 5) is 24.2. The normalized spacial score (nSPS) is 10.5. The summed E-state index contributed by atoms with van der Waals surface area (Å²) in [5.74, 6) is 0.267. The molecule has 5 heteroatoms. The maximum Gasteiger partial charge on any atom is 0.343 e. The minimum absolute atomic E-state index is 0.194. The number of methoxy groups -OCH3 is 1. The fraction of sp³-hybridized carbons (Fsp3) is 0.167. The Kier molecular flexibility index (Phi) is 6.29. The van der Waals surface area contributed by atoms with Crippen LogP contribution in [0.5, 0.6) is 11.5 Å². The van der Waals surface area contributed by atoms with E-state index < -0.39 is 11.9 Å². The first kappa shape index (κ1) is 20.1. The molecule has 0 aliphatic heterocycles. The van der Waals surface area contributed by atoms with Gasteiger partial charge in [0.15, 0.2) is 0 Å². The van der Waals surface area contributed by atoms with E-state index in [0.717, 1.165) is 16.9 Å². The van der Waals surface area contributed by atoms with Gasteiger partial charge in [-0.2, -0.15) is 0 Å². The zero-order valence-corrected chi connectivity index (χ0v) is 16.5. The Balaban J connectivity index is 1.65. The van der Waals surface area contributed by atoms with Crippen molar-refractivity contribution < 1.29 is 23.8 Å². The van der Waals surface area contributed by atoms with Crippen molar-refractivity contribution in [2.24, 2.45) is 0 Å². The minimum atomic E-state index is -0.469. The van der Waals surface area contributed by atoms with Crippen LogP contribution in [0.25, 0.3) is 11.1 Å². The topological polar surface area (TPSA) is 61.8 Å². The van der Waals surface area contributed by atoms with Crippen LogP contribution in [0.1, 0.15) is 34.6 Å². The molecule has 0 spiro atoms. The Morgan fingerprint density at radius 3 is 1.62 bits per heavy atom. The van der Waals surface area contributed by atoms with Crippen LogP contribution in [0.2, 0.25) is 0 Å². The first-order valence-corrected chi connectivity index (χ1v) is 9.24. The van der Waals surface area contributed by atoms with Gasteiger partial charge in [0, 0.05) is 0 Å². The molecule has 0 saturated heterocycles. The summed E-state index contributed by atoms with van der Waals surface area (Å²) in [7, 11) is 1.63. The minimum Gasteiger partial charge on any atom is -0.497 e. The zero-order chi connectivity index (χ0) is 20.8. The molecule has 0 fully saturated rings. The van der Waals surface area contributed by atoms with Crippen LogP contribution >= 0.6 is 0 Å². The number of carbonyl (C=O) groups is 2. The van der Waals surface area contributed by atoms with Crippen molar-refractivity contribution in [2.75, 3.05) is 7.11 Å². The van der Waals surface area contributed by atoms with Crippen LogP contribution in [0.15, 0.2) is 72.8 Å². The molecular formula is C24H22O5. The largest absolute Gasteiger partial charge is 0.497 e. The zero-order valence-electron chi connectivity index (χ0n) is 16.5. The summed E-state index contributed by atoms with van der Waals surface area (Å²) < 4.78 is 15.7. The summed E-state index contributed by atoms with van der Waals surface area (Å²) in [6.45, 7) is 3.57. The second kappa shape index (κ2) is 9.06. The van der Waals surface area contributed by atoms with Gasteiger partial charge in [-0.05, 0) is 73.5 Å². The lowest BCUT2D eigenvalue weighted by molar-refractivity contribution is 0.0378.